The molecule has 6 heavy (non-hydrogen) atoms. The van der Waals surface area contributed by atoms with Crippen LogP contribution in [-0.4, -0.2) is 82.3 Å². The Balaban J connectivity index is 0. The van der Waals surface area contributed by atoms with Crippen LogP contribution in [0.15, 0.2) is 0 Å². The second-order valence-electron chi connectivity index (χ2n) is 0.283. The van der Waals surface area contributed by atoms with Gasteiger partial charge >= 0.3 is 70.4 Å². The van der Waals surface area contributed by atoms with Crippen molar-refractivity contribution in [2.45, 2.75) is -1.65 Å². The molecule has 0 fully saturated rings. The van der Waals surface area contributed by atoms with Crippen LogP contribution in [0.25, 0.3) is 0 Å². The molecule has 0 bridgehead atoms. The third-order valence-electron chi connectivity index (χ3n) is 0. The zero-order valence-corrected chi connectivity index (χ0v) is 10.1. The van der Waals surface area contributed by atoms with E-state index in [-0.39, 0.29) is 0 Å². The maximum atomic E-state index is 8.56. The second kappa shape index (κ2) is 9.59. The molecule has 0 saturated carbocycles. The molecule has 0 aliphatic heterocycles. The first-order valence-electron chi connectivity index (χ1n) is 1.65. The molecule has 0 rings (SSSR count). The molecular weight excluding hydrogens is 205 g/mol. The van der Waals surface area contributed by atoms with Gasteiger partial charge in [0.05, 0.1) is 0 Å². The molecule has 0 atom stereocenters. The Bertz CT molecular complexity index is 31.8. The number of rotatable bonds is 0. The van der Waals surface area contributed by atoms with Crippen molar-refractivity contribution in [2.75, 3.05) is 0 Å². The van der Waals surface area contributed by atoms with Crippen molar-refractivity contribution in [3.8, 4) is 0 Å². The summed E-state index contributed by atoms with van der Waals surface area (Å²) < 4.78 is 2.22. The van der Waals surface area contributed by atoms with E-state index in [0.717, 1.165) is 65.9 Å². The molecule has 2 N–H and O–H groups in total. The van der Waals surface area contributed by atoms with Crippen molar-refractivity contribution in [2.24, 2.45) is 0 Å². The molecule has 3 nitrogen and oxygen atoms in total. The summed E-state index contributed by atoms with van der Waals surface area (Å²) in [4.78, 5) is 8.56. The van der Waals surface area contributed by atoms with E-state index in [1.54, 1.807) is 0 Å². The van der Waals surface area contributed by atoms with Gasteiger partial charge in [0, 0.05) is 0 Å². The molecule has 0 spiro atoms. The Morgan fingerprint density at radius 1 is 1.50 bits per heavy atom. The second-order valence-corrected chi connectivity index (χ2v) is 0.283. The van der Waals surface area contributed by atoms with Gasteiger partial charge in [-0.05, 0) is 0 Å². The van der Waals surface area contributed by atoms with Gasteiger partial charge in [-0.1, -0.05) is 0 Å². The summed E-state index contributed by atoms with van der Waals surface area (Å²) in [5, 5.41) is 13.9. The van der Waals surface area contributed by atoms with Crippen molar-refractivity contribution in [1.29, 1.82) is 0 Å². The molecule has 0 heterocycles. The predicted octanol–water partition coefficient (Wildman–Crippen LogP) is 0.425. The summed E-state index contributed by atoms with van der Waals surface area (Å²) >= 11 is 0.889. The van der Waals surface area contributed by atoms with Gasteiger partial charge < -0.3 is 10.2 Å². The average Bonchev–Trinajstić information content (AvgIpc) is 1.41. The van der Waals surface area contributed by atoms with Crippen LogP contribution < -0.4 is 0 Å². The number of carboxylic acid groups (broad SMARTS) is 2. The Morgan fingerprint density at radius 2 is 1.50 bits per heavy atom. The first-order chi connectivity index (χ1) is 2.73. The normalized spacial score (nSPS) is 5.17. The van der Waals surface area contributed by atoms with Gasteiger partial charge in [0.15, 0.2) is 0 Å². The SMILES string of the molecule is O=C(O)O.[CH3][Cs]. The van der Waals surface area contributed by atoms with Crippen molar-refractivity contribution in [3.63, 3.8) is 0 Å². The summed E-state index contributed by atoms with van der Waals surface area (Å²) in [6.45, 7) is 0. The molecule has 0 aromatic rings. The molecule has 0 aliphatic rings. The van der Waals surface area contributed by atoms with Crippen LogP contribution in [0.3, 0.4) is 0 Å². The Morgan fingerprint density at radius 3 is 1.50 bits per heavy atom. The fraction of sp³-hybridized carbons (Fsp3) is 0.500. The van der Waals surface area contributed by atoms with E-state index in [2.05, 4.69) is -1.65 Å². The van der Waals surface area contributed by atoms with E-state index < -0.39 is 6.16 Å². The van der Waals surface area contributed by atoms with Crippen LogP contribution in [0.5, 0.6) is 0 Å². The van der Waals surface area contributed by atoms with Gasteiger partial charge in [-0.15, -0.1) is 0 Å². The zero-order chi connectivity index (χ0) is 5.58. The monoisotopic (exact) mass is 210 g/mol. The summed E-state index contributed by atoms with van der Waals surface area (Å²) in [6, 6.07) is 0. The van der Waals surface area contributed by atoms with E-state index in [9.17, 15) is 0 Å². The first kappa shape index (κ1) is 10.3. The van der Waals surface area contributed by atoms with Crippen molar-refractivity contribution in [3.05, 3.63) is 0 Å². The molecule has 0 aliphatic carbocycles. The third kappa shape index (κ3) is 56.9. The average molecular weight is 210 g/mol. The van der Waals surface area contributed by atoms with E-state index in [1.165, 1.54) is 0 Å². The summed E-state index contributed by atoms with van der Waals surface area (Å²) in [5.41, 5.74) is 0. The van der Waals surface area contributed by atoms with Gasteiger partial charge in [-0.2, -0.15) is 0 Å². The summed E-state index contributed by atoms with van der Waals surface area (Å²) in [6.07, 6.45) is -1.83. The Labute approximate surface area is 83.1 Å². The summed E-state index contributed by atoms with van der Waals surface area (Å²) in [5.74, 6) is 0. The van der Waals surface area contributed by atoms with E-state index in [4.69, 9.17) is 15.0 Å². The van der Waals surface area contributed by atoms with Crippen LogP contribution >= 0.6 is 0 Å². The van der Waals surface area contributed by atoms with E-state index in [1.807, 2.05) is 0 Å². The maximum absolute atomic E-state index is 8.56. The molecule has 0 aromatic carbocycles. The van der Waals surface area contributed by atoms with Crippen molar-refractivity contribution < 1.29 is 15.0 Å². The van der Waals surface area contributed by atoms with Crippen LogP contribution in [-0.2, 0) is 0 Å². The minimum absolute atomic E-state index is 0.889. The number of hydrogen-bond donors (Lipinski definition) is 2. The Kier molecular flexibility index (Phi) is 16.5. The van der Waals surface area contributed by atoms with Gasteiger partial charge in [0.25, 0.3) is 0 Å². The predicted molar refractivity (Wildman–Crippen MR) is 22.3 cm³/mol. The van der Waals surface area contributed by atoms with Gasteiger partial charge in [-0.25, -0.2) is 4.79 Å². The van der Waals surface area contributed by atoms with Crippen LogP contribution in [0.4, 0.5) is 4.79 Å². The third-order valence-corrected chi connectivity index (χ3v) is 0. The van der Waals surface area contributed by atoms with E-state index >= 15 is 0 Å². The van der Waals surface area contributed by atoms with Gasteiger partial charge in [0.2, 0.25) is 0 Å². The van der Waals surface area contributed by atoms with Crippen molar-refractivity contribution >= 4 is 72.1 Å². The molecule has 0 unspecified atom stereocenters. The molecule has 0 amide bonds. The summed E-state index contributed by atoms with van der Waals surface area (Å²) in [7, 11) is 0. The number of carbonyl (C=O) groups is 1. The molecule has 0 saturated heterocycles. The van der Waals surface area contributed by atoms with Crippen molar-refractivity contribution in [1.82, 2.24) is 0 Å². The fourth-order valence-corrected chi connectivity index (χ4v) is 0. The van der Waals surface area contributed by atoms with Gasteiger partial charge in [-0.3, -0.25) is 0 Å². The fourth-order valence-electron chi connectivity index (χ4n) is 0. The van der Waals surface area contributed by atoms with Gasteiger partial charge in [0.1, 0.15) is 0 Å². The first-order valence-corrected chi connectivity index (χ1v) is 7.93. The zero-order valence-electron chi connectivity index (χ0n) is 3.80. The van der Waals surface area contributed by atoms with E-state index in [0.29, 0.717) is 0 Å². The van der Waals surface area contributed by atoms with Crippen LogP contribution in [0.2, 0.25) is -1.65 Å². The Hall–Kier alpha value is 1.32. The molecule has 32 valence electrons. The molecule has 0 aromatic heterocycles. The number of hydrogen-bond acceptors (Lipinski definition) is 1. The van der Waals surface area contributed by atoms with Crippen LogP contribution in [0.1, 0.15) is 0 Å². The molecular formula is C2H5CsO3. The molecule has 4 heteroatoms. The topological polar surface area (TPSA) is 57.5 Å². The minimum atomic E-state index is -1.83. The molecule has 0 radical (unpaired) electrons. The standard InChI is InChI=1S/CH2O3.CH3.Cs/c2-1(3)4;;/h(H2,2,3,4);1H3;. The quantitative estimate of drug-likeness (QED) is 0.609. The van der Waals surface area contributed by atoms with Crippen LogP contribution in [0, 0.1) is 0 Å².